The van der Waals surface area contributed by atoms with Gasteiger partial charge in [0.15, 0.2) is 0 Å². The first-order valence-electron chi connectivity index (χ1n) is 11.2. The van der Waals surface area contributed by atoms with Gasteiger partial charge in [0.05, 0.1) is 36.0 Å². The monoisotopic (exact) mass is 478 g/mol. The first kappa shape index (κ1) is 22.7. The molecule has 1 N–H and O–H groups in total. The Bertz CT molecular complexity index is 1390. The van der Waals surface area contributed by atoms with Crippen molar-refractivity contribution in [3.8, 4) is 0 Å². The number of benzene rings is 2. The number of anilines is 1. The molecule has 10 heteroatoms. The van der Waals surface area contributed by atoms with E-state index in [1.807, 2.05) is 72.5 Å². The van der Waals surface area contributed by atoms with Gasteiger partial charge in [0, 0.05) is 37.7 Å². The Hall–Kier alpha value is -4.08. The zero-order chi connectivity index (χ0) is 24.7. The number of aryl methyl sites for hydroxylation is 1. The predicted molar refractivity (Wildman–Crippen MR) is 126 cm³/mol. The molecule has 1 aliphatic rings. The number of nitrogens with zero attached hydrogens (tertiary/aromatic N) is 5. The van der Waals surface area contributed by atoms with E-state index in [2.05, 4.69) is 15.5 Å². The van der Waals surface area contributed by atoms with E-state index >= 15 is 0 Å². The quantitative estimate of drug-likeness (QED) is 0.460. The van der Waals surface area contributed by atoms with Gasteiger partial charge in [-0.2, -0.15) is 19.0 Å². The smallest absolute Gasteiger partial charge is 0.321 e. The van der Waals surface area contributed by atoms with Gasteiger partial charge in [-0.3, -0.25) is 19.0 Å². The number of amides is 2. The minimum absolute atomic E-state index is 0.0850. The number of halogens is 2. The molecule has 2 unspecified atom stereocenters. The van der Waals surface area contributed by atoms with Crippen LogP contribution >= 0.6 is 0 Å². The van der Waals surface area contributed by atoms with Gasteiger partial charge in [0.1, 0.15) is 0 Å². The number of aromatic nitrogens is 4. The number of carbonyl (C=O) groups excluding carboxylic acids is 2. The van der Waals surface area contributed by atoms with E-state index in [0.29, 0.717) is 19.2 Å². The van der Waals surface area contributed by atoms with Crippen LogP contribution in [0.2, 0.25) is 0 Å². The van der Waals surface area contributed by atoms with Crippen molar-refractivity contribution in [3.05, 3.63) is 78.2 Å². The van der Waals surface area contributed by atoms with E-state index < -0.39 is 23.9 Å². The number of hydrogen-bond acceptors (Lipinski definition) is 4. The van der Waals surface area contributed by atoms with Crippen molar-refractivity contribution in [2.24, 2.45) is 7.05 Å². The zero-order valence-electron chi connectivity index (χ0n) is 19.2. The van der Waals surface area contributed by atoms with Crippen LogP contribution < -0.4 is 10.2 Å². The summed E-state index contributed by atoms with van der Waals surface area (Å²) < 4.78 is 30.8. The Balaban J connectivity index is 1.49. The second kappa shape index (κ2) is 8.61. The molecular weight excluding hydrogens is 454 g/mol. The van der Waals surface area contributed by atoms with Crippen LogP contribution in [0.1, 0.15) is 30.6 Å². The molecule has 1 fully saturated rings. The molecule has 5 rings (SSSR count). The van der Waals surface area contributed by atoms with E-state index in [1.165, 1.54) is 0 Å². The highest BCUT2D eigenvalue weighted by Gasteiger charge is 2.45. The molecule has 0 saturated carbocycles. The maximum atomic E-state index is 13.6. The summed E-state index contributed by atoms with van der Waals surface area (Å²) in [6, 6.07) is 15.1. The summed E-state index contributed by atoms with van der Waals surface area (Å²) in [7, 11) is 1.85. The van der Waals surface area contributed by atoms with Crippen LogP contribution in [-0.2, 0) is 23.2 Å². The third-order valence-corrected chi connectivity index (χ3v) is 6.16. The topological polar surface area (TPSA) is 85.0 Å². The lowest BCUT2D eigenvalue weighted by molar-refractivity contribution is -0.143. The van der Waals surface area contributed by atoms with Crippen molar-refractivity contribution < 1.29 is 18.4 Å². The minimum Gasteiger partial charge on any atom is -0.345 e. The SMILES string of the molecule is Cn1ccc(Cn2ncc3cc(N4C(=O)CC(NC(=O)C(C)(F)F)C4c4ccccc4)ccc32)n1. The number of carbonyl (C=O) groups is 2. The fourth-order valence-corrected chi connectivity index (χ4v) is 4.55. The molecule has 2 atom stereocenters. The van der Waals surface area contributed by atoms with Crippen LogP contribution in [0.15, 0.2) is 67.0 Å². The van der Waals surface area contributed by atoms with E-state index in [0.717, 1.165) is 22.2 Å². The van der Waals surface area contributed by atoms with Crippen LogP contribution in [0.25, 0.3) is 10.9 Å². The normalized spacial score (nSPS) is 18.4. The standard InChI is InChI=1S/C25H24F2N6O2/c1-25(26,27)24(35)29-20-13-22(34)33(23(20)16-6-4-3-5-7-16)19-8-9-21-17(12-19)14-28-32(21)15-18-10-11-31(2)30-18/h3-12,14,20,23H,13,15H2,1-2H3,(H,29,35). The Morgan fingerprint density at radius 1 is 1.17 bits per heavy atom. The molecule has 0 spiro atoms. The number of rotatable bonds is 6. The van der Waals surface area contributed by atoms with Crippen molar-refractivity contribution in [3.63, 3.8) is 0 Å². The molecule has 2 aromatic heterocycles. The molecule has 0 aliphatic carbocycles. The molecule has 3 heterocycles. The molecule has 1 saturated heterocycles. The van der Waals surface area contributed by atoms with Gasteiger partial charge in [-0.15, -0.1) is 0 Å². The van der Waals surface area contributed by atoms with Crippen LogP contribution in [0, 0.1) is 0 Å². The van der Waals surface area contributed by atoms with Gasteiger partial charge >= 0.3 is 5.92 Å². The van der Waals surface area contributed by atoms with E-state index in [9.17, 15) is 18.4 Å². The minimum atomic E-state index is -3.54. The Morgan fingerprint density at radius 3 is 2.63 bits per heavy atom. The third kappa shape index (κ3) is 4.39. The first-order valence-corrected chi connectivity index (χ1v) is 11.2. The molecule has 180 valence electrons. The summed E-state index contributed by atoms with van der Waals surface area (Å²) in [4.78, 5) is 26.8. The van der Waals surface area contributed by atoms with Crippen molar-refractivity contribution in [2.45, 2.75) is 37.9 Å². The van der Waals surface area contributed by atoms with Gasteiger partial charge in [-0.05, 0) is 29.8 Å². The average Bonchev–Trinajstić information content (AvgIpc) is 3.50. The summed E-state index contributed by atoms with van der Waals surface area (Å²) in [5, 5.41) is 12.1. The van der Waals surface area contributed by atoms with Gasteiger partial charge < -0.3 is 10.2 Å². The molecule has 0 radical (unpaired) electrons. The summed E-state index contributed by atoms with van der Waals surface area (Å²) in [6.07, 6.45) is 3.50. The summed E-state index contributed by atoms with van der Waals surface area (Å²) >= 11 is 0. The fraction of sp³-hybridized carbons (Fsp3) is 0.280. The maximum absolute atomic E-state index is 13.6. The lowest BCUT2D eigenvalue weighted by Gasteiger charge is -2.29. The zero-order valence-corrected chi connectivity index (χ0v) is 19.2. The molecular formula is C25H24F2N6O2. The largest absolute Gasteiger partial charge is 0.345 e. The van der Waals surface area contributed by atoms with Crippen LogP contribution in [-0.4, -0.2) is 43.3 Å². The van der Waals surface area contributed by atoms with Gasteiger partial charge in [0.2, 0.25) is 5.91 Å². The molecule has 8 nitrogen and oxygen atoms in total. The number of hydrogen-bond donors (Lipinski definition) is 1. The summed E-state index contributed by atoms with van der Waals surface area (Å²) in [5.74, 6) is -5.20. The van der Waals surface area contributed by atoms with Gasteiger partial charge in [-0.1, -0.05) is 30.3 Å². The Labute approximate surface area is 200 Å². The van der Waals surface area contributed by atoms with Crippen LogP contribution in [0.3, 0.4) is 0 Å². The van der Waals surface area contributed by atoms with Crippen LogP contribution in [0.4, 0.5) is 14.5 Å². The summed E-state index contributed by atoms with van der Waals surface area (Å²) in [5.41, 5.74) is 3.09. The lowest BCUT2D eigenvalue weighted by Crippen LogP contribution is -2.46. The molecule has 35 heavy (non-hydrogen) atoms. The van der Waals surface area contributed by atoms with Crippen LogP contribution in [0.5, 0.6) is 0 Å². The molecule has 0 bridgehead atoms. The lowest BCUT2D eigenvalue weighted by atomic mass is 9.99. The van der Waals surface area contributed by atoms with Crippen molar-refractivity contribution in [2.75, 3.05) is 4.90 Å². The maximum Gasteiger partial charge on any atom is 0.321 e. The number of fused-ring (bicyclic) bond motifs is 1. The Morgan fingerprint density at radius 2 is 1.94 bits per heavy atom. The number of alkyl halides is 2. The van der Waals surface area contributed by atoms with Crippen molar-refractivity contribution in [1.29, 1.82) is 0 Å². The second-order valence-electron chi connectivity index (χ2n) is 8.82. The molecule has 1 aliphatic heterocycles. The van der Waals surface area contributed by atoms with Crippen molar-refractivity contribution >= 4 is 28.4 Å². The highest BCUT2D eigenvalue weighted by atomic mass is 19.3. The second-order valence-corrected chi connectivity index (χ2v) is 8.82. The summed E-state index contributed by atoms with van der Waals surface area (Å²) in [6.45, 7) is 1.04. The predicted octanol–water partition coefficient (Wildman–Crippen LogP) is 3.44. The van der Waals surface area contributed by atoms with Crippen molar-refractivity contribution in [1.82, 2.24) is 24.9 Å². The van der Waals surface area contributed by atoms with E-state index in [-0.39, 0.29) is 12.3 Å². The number of nitrogens with one attached hydrogen (secondary N) is 1. The fourth-order valence-electron chi connectivity index (χ4n) is 4.55. The third-order valence-electron chi connectivity index (χ3n) is 6.16. The van der Waals surface area contributed by atoms with Gasteiger partial charge in [0.25, 0.3) is 5.91 Å². The highest BCUT2D eigenvalue weighted by Crippen LogP contribution is 2.38. The average molecular weight is 479 g/mol. The Kier molecular flexibility index (Phi) is 5.58. The van der Waals surface area contributed by atoms with E-state index in [4.69, 9.17) is 0 Å². The van der Waals surface area contributed by atoms with E-state index in [1.54, 1.807) is 15.8 Å². The van der Waals surface area contributed by atoms with Gasteiger partial charge in [-0.25, -0.2) is 0 Å². The highest BCUT2D eigenvalue weighted by molar-refractivity contribution is 6.00. The molecule has 2 amide bonds. The molecule has 4 aromatic rings. The molecule has 2 aromatic carbocycles. The first-order chi connectivity index (χ1) is 16.7.